The van der Waals surface area contributed by atoms with E-state index in [1.165, 1.54) is 12.1 Å². The molecule has 0 bridgehead atoms. The molecule has 150 valence electrons. The van der Waals surface area contributed by atoms with Gasteiger partial charge in [-0.3, -0.25) is 4.79 Å². The first kappa shape index (κ1) is 20.3. The lowest BCUT2D eigenvalue weighted by molar-refractivity contribution is -0.128. The fourth-order valence-corrected chi connectivity index (χ4v) is 5.99. The zero-order chi connectivity index (χ0) is 19.7. The lowest BCUT2D eigenvalue weighted by Crippen LogP contribution is -2.58. The summed E-state index contributed by atoms with van der Waals surface area (Å²) in [6.45, 7) is 1.78. The molecule has 3 N–H and O–H groups in total. The summed E-state index contributed by atoms with van der Waals surface area (Å²) in [6.07, 6.45) is 4.66. The van der Waals surface area contributed by atoms with Crippen molar-refractivity contribution in [3.8, 4) is 0 Å². The fraction of sp³-hybridized carbons (Fsp3) is 0.650. The molecule has 7 heteroatoms. The Morgan fingerprint density at radius 3 is 2.37 bits per heavy atom. The first-order valence-corrected chi connectivity index (χ1v) is 11.2. The molecule has 0 atom stereocenters. The number of sulfone groups is 1. The molecule has 2 saturated carbocycles. The van der Waals surface area contributed by atoms with Crippen molar-refractivity contribution < 1.29 is 17.6 Å². The Kier molecular flexibility index (Phi) is 5.64. The lowest BCUT2D eigenvalue weighted by atomic mass is 9.81. The van der Waals surface area contributed by atoms with Gasteiger partial charge < -0.3 is 11.1 Å². The Morgan fingerprint density at radius 1 is 1.15 bits per heavy atom. The van der Waals surface area contributed by atoms with E-state index in [9.17, 15) is 13.2 Å². The molecule has 0 heterocycles. The molecular formula is C20H29FN2O3S. The van der Waals surface area contributed by atoms with Crippen molar-refractivity contribution in [2.75, 3.05) is 0 Å². The number of alkyl halides is 1. The normalized spacial score (nSPS) is 28.5. The van der Waals surface area contributed by atoms with Crippen molar-refractivity contribution in [2.24, 2.45) is 5.73 Å². The van der Waals surface area contributed by atoms with Gasteiger partial charge in [-0.15, -0.1) is 0 Å². The largest absolute Gasteiger partial charge is 0.352 e. The second kappa shape index (κ2) is 7.51. The van der Waals surface area contributed by atoms with Gasteiger partial charge in [-0.25, -0.2) is 12.8 Å². The Balaban J connectivity index is 1.64. The third-order valence-corrected chi connectivity index (χ3v) is 8.29. The molecule has 5 nitrogen and oxygen atoms in total. The Bertz CT molecular complexity index is 795. The molecule has 0 radical (unpaired) electrons. The SMILES string of the molecule is Cc1cccc(S(=O)(=O)C2(F)CCC(NC(=O)C3(N)CCCCC3)CC2)c1. The maximum absolute atomic E-state index is 15.4. The van der Waals surface area contributed by atoms with E-state index >= 15 is 4.39 Å². The van der Waals surface area contributed by atoms with E-state index in [1.54, 1.807) is 19.1 Å². The number of benzene rings is 1. The van der Waals surface area contributed by atoms with Crippen LogP contribution in [0.3, 0.4) is 0 Å². The minimum absolute atomic E-state index is 0.0237. The summed E-state index contributed by atoms with van der Waals surface area (Å²) >= 11 is 0. The van der Waals surface area contributed by atoms with Gasteiger partial charge in [0.25, 0.3) is 0 Å². The highest BCUT2D eigenvalue weighted by atomic mass is 32.2. The number of carbonyl (C=O) groups excluding carboxylic acids is 1. The summed E-state index contributed by atoms with van der Waals surface area (Å²) in [4.78, 5) is 12.6. The van der Waals surface area contributed by atoms with Crippen LogP contribution in [0.2, 0.25) is 0 Å². The van der Waals surface area contributed by atoms with Gasteiger partial charge in [0.05, 0.1) is 10.4 Å². The molecule has 1 aromatic carbocycles. The lowest BCUT2D eigenvalue weighted by Gasteiger charge is -2.37. The first-order valence-electron chi connectivity index (χ1n) is 9.76. The zero-order valence-electron chi connectivity index (χ0n) is 15.8. The number of amides is 1. The summed E-state index contributed by atoms with van der Waals surface area (Å²) in [6, 6.07) is 6.13. The quantitative estimate of drug-likeness (QED) is 0.818. The van der Waals surface area contributed by atoms with Crippen LogP contribution in [0.1, 0.15) is 63.4 Å². The van der Waals surface area contributed by atoms with Crippen LogP contribution in [0.4, 0.5) is 4.39 Å². The Morgan fingerprint density at radius 2 is 1.78 bits per heavy atom. The number of carbonyl (C=O) groups is 1. The highest BCUT2D eigenvalue weighted by molar-refractivity contribution is 7.92. The fourth-order valence-electron chi connectivity index (χ4n) is 4.19. The number of nitrogens with two attached hydrogens (primary N) is 1. The van der Waals surface area contributed by atoms with E-state index in [-0.39, 0.29) is 29.7 Å². The third-order valence-electron chi connectivity index (χ3n) is 6.05. The van der Waals surface area contributed by atoms with Crippen LogP contribution in [0.25, 0.3) is 0 Å². The number of nitrogens with one attached hydrogen (secondary N) is 1. The van der Waals surface area contributed by atoms with Gasteiger partial charge in [-0.1, -0.05) is 31.4 Å². The maximum atomic E-state index is 15.4. The van der Waals surface area contributed by atoms with E-state index < -0.39 is 20.4 Å². The van der Waals surface area contributed by atoms with Crippen LogP contribution in [0, 0.1) is 6.92 Å². The Labute approximate surface area is 160 Å². The average molecular weight is 397 g/mol. The van der Waals surface area contributed by atoms with Crippen LogP contribution < -0.4 is 11.1 Å². The van der Waals surface area contributed by atoms with E-state index in [4.69, 9.17) is 5.73 Å². The molecular weight excluding hydrogens is 367 g/mol. The number of hydrogen-bond donors (Lipinski definition) is 2. The van der Waals surface area contributed by atoms with Gasteiger partial charge in [0.1, 0.15) is 0 Å². The highest BCUT2D eigenvalue weighted by Gasteiger charge is 2.48. The molecule has 3 rings (SSSR count). The minimum atomic E-state index is -4.07. The number of halogens is 1. The van der Waals surface area contributed by atoms with Crippen molar-refractivity contribution >= 4 is 15.7 Å². The molecule has 0 unspecified atom stereocenters. The van der Waals surface area contributed by atoms with Gasteiger partial charge in [0, 0.05) is 6.04 Å². The first-order chi connectivity index (χ1) is 12.7. The van der Waals surface area contributed by atoms with Crippen molar-refractivity contribution in [1.82, 2.24) is 5.32 Å². The molecule has 2 aliphatic carbocycles. The molecule has 0 saturated heterocycles. The van der Waals surface area contributed by atoms with Crippen LogP contribution in [0.5, 0.6) is 0 Å². The van der Waals surface area contributed by atoms with Gasteiger partial charge in [0.15, 0.2) is 0 Å². The molecule has 2 aliphatic rings. The van der Waals surface area contributed by atoms with Crippen LogP contribution >= 0.6 is 0 Å². The van der Waals surface area contributed by atoms with Crippen LogP contribution in [-0.4, -0.2) is 30.9 Å². The van der Waals surface area contributed by atoms with Crippen molar-refractivity contribution in [1.29, 1.82) is 0 Å². The van der Waals surface area contributed by atoms with Gasteiger partial charge >= 0.3 is 0 Å². The van der Waals surface area contributed by atoms with Crippen molar-refractivity contribution in [3.05, 3.63) is 29.8 Å². The van der Waals surface area contributed by atoms with Crippen LogP contribution in [-0.2, 0) is 14.6 Å². The summed E-state index contributed by atoms with van der Waals surface area (Å²) in [5, 5.41) is 0.657. The molecule has 2 fully saturated rings. The molecule has 0 aliphatic heterocycles. The van der Waals surface area contributed by atoms with Gasteiger partial charge in [0.2, 0.25) is 20.7 Å². The Hall–Kier alpha value is -1.47. The number of aryl methyl sites for hydroxylation is 1. The summed E-state index contributed by atoms with van der Waals surface area (Å²) in [7, 11) is -4.07. The predicted octanol–water partition coefficient (Wildman–Crippen LogP) is 3.15. The summed E-state index contributed by atoms with van der Waals surface area (Å²) in [5.74, 6) is -0.180. The van der Waals surface area contributed by atoms with Crippen molar-refractivity contribution in [2.45, 2.75) is 86.2 Å². The smallest absolute Gasteiger partial charge is 0.240 e. The second-order valence-electron chi connectivity index (χ2n) is 8.17. The average Bonchev–Trinajstić information content (AvgIpc) is 2.64. The number of rotatable bonds is 4. The maximum Gasteiger partial charge on any atom is 0.240 e. The molecule has 0 aromatic heterocycles. The van der Waals surface area contributed by atoms with Gasteiger partial charge in [-0.2, -0.15) is 0 Å². The third kappa shape index (κ3) is 4.04. The topological polar surface area (TPSA) is 89.3 Å². The van der Waals surface area contributed by atoms with E-state index in [0.29, 0.717) is 25.7 Å². The molecule has 27 heavy (non-hydrogen) atoms. The molecule has 0 spiro atoms. The highest BCUT2D eigenvalue weighted by Crippen LogP contribution is 2.40. The van der Waals surface area contributed by atoms with E-state index in [2.05, 4.69) is 5.32 Å². The second-order valence-corrected chi connectivity index (χ2v) is 10.4. The summed E-state index contributed by atoms with van der Waals surface area (Å²) < 4.78 is 41.0. The van der Waals surface area contributed by atoms with E-state index in [0.717, 1.165) is 24.8 Å². The monoisotopic (exact) mass is 396 g/mol. The number of hydrogen-bond acceptors (Lipinski definition) is 4. The zero-order valence-corrected chi connectivity index (χ0v) is 16.7. The van der Waals surface area contributed by atoms with E-state index in [1.807, 2.05) is 0 Å². The standard InChI is InChI=1S/C20H29FN2O3S/c1-15-6-5-7-17(14-15)27(25,26)20(21)12-8-16(9-13-20)23-18(24)19(22)10-3-2-4-11-19/h5-7,14,16H,2-4,8-13,22H2,1H3,(H,23,24). The molecule has 1 aromatic rings. The van der Waals surface area contributed by atoms with Crippen molar-refractivity contribution in [3.63, 3.8) is 0 Å². The predicted molar refractivity (Wildman–Crippen MR) is 103 cm³/mol. The summed E-state index contributed by atoms with van der Waals surface area (Å²) in [5.41, 5.74) is 6.19. The van der Waals surface area contributed by atoms with Gasteiger partial charge in [-0.05, 0) is 63.1 Å². The minimum Gasteiger partial charge on any atom is -0.352 e. The molecule has 1 amide bonds. The van der Waals surface area contributed by atoms with Crippen LogP contribution in [0.15, 0.2) is 29.2 Å².